The molecular weight excluding hydrogens is 313 g/mol. The van der Waals surface area contributed by atoms with Crippen molar-refractivity contribution >= 4 is 6.09 Å². The molecule has 0 heterocycles. The maximum absolute atomic E-state index is 13.7. The lowest BCUT2D eigenvalue weighted by atomic mass is 9.94. The van der Waals surface area contributed by atoms with Gasteiger partial charge in [-0.2, -0.15) is 0 Å². The molecular formula is C18H26FNO4. The van der Waals surface area contributed by atoms with Gasteiger partial charge in [0.15, 0.2) is 17.9 Å². The molecule has 0 atom stereocenters. The Morgan fingerprint density at radius 3 is 2.50 bits per heavy atom. The summed E-state index contributed by atoms with van der Waals surface area (Å²) in [6.07, 6.45) is 4.89. The van der Waals surface area contributed by atoms with Gasteiger partial charge in [-0.1, -0.05) is 31.4 Å². The molecule has 0 aromatic heterocycles. The maximum atomic E-state index is 13.7. The fourth-order valence-electron chi connectivity index (χ4n) is 3.07. The van der Waals surface area contributed by atoms with E-state index < -0.39 is 11.9 Å². The van der Waals surface area contributed by atoms with Gasteiger partial charge in [-0.3, -0.25) is 0 Å². The second-order valence-electron chi connectivity index (χ2n) is 5.97. The lowest BCUT2D eigenvalue weighted by Gasteiger charge is -2.34. The Balaban J connectivity index is 2.05. The average Bonchev–Trinajstić information content (AvgIpc) is 2.61. The first kappa shape index (κ1) is 18.7. The maximum Gasteiger partial charge on any atom is 0.415 e. The number of carbonyl (C=O) groups is 1. The quantitative estimate of drug-likeness (QED) is 0.705. The van der Waals surface area contributed by atoms with E-state index in [-0.39, 0.29) is 18.1 Å². The third-order valence-electron chi connectivity index (χ3n) is 4.42. The summed E-state index contributed by atoms with van der Waals surface area (Å²) in [6, 6.07) is 6.06. The van der Waals surface area contributed by atoms with Crippen LogP contribution in [0.3, 0.4) is 0 Å². The van der Waals surface area contributed by atoms with Crippen molar-refractivity contribution in [2.24, 2.45) is 0 Å². The van der Waals surface area contributed by atoms with E-state index in [2.05, 4.69) is 0 Å². The molecule has 1 amide bonds. The lowest BCUT2D eigenvalue weighted by molar-refractivity contribution is -0.109. The number of ether oxygens (including phenoxy) is 3. The molecule has 0 radical (unpaired) electrons. The van der Waals surface area contributed by atoms with E-state index in [0.717, 1.165) is 25.7 Å². The Morgan fingerprint density at radius 2 is 1.88 bits per heavy atom. The van der Waals surface area contributed by atoms with Gasteiger partial charge in [-0.25, -0.2) is 9.18 Å². The van der Waals surface area contributed by atoms with Crippen molar-refractivity contribution in [3.63, 3.8) is 0 Å². The van der Waals surface area contributed by atoms with Crippen molar-refractivity contribution in [3.8, 4) is 5.75 Å². The van der Waals surface area contributed by atoms with Crippen LogP contribution in [0.4, 0.5) is 9.18 Å². The zero-order chi connectivity index (χ0) is 17.4. The molecule has 6 heteroatoms. The first-order chi connectivity index (χ1) is 11.7. The molecule has 0 spiro atoms. The van der Waals surface area contributed by atoms with E-state index in [1.165, 1.54) is 18.6 Å². The number of methoxy groups -OCH3 is 2. The molecule has 1 aromatic rings. The smallest absolute Gasteiger partial charge is 0.407 e. The lowest BCUT2D eigenvalue weighted by Crippen LogP contribution is -2.44. The largest absolute Gasteiger partial charge is 0.415 e. The first-order valence-electron chi connectivity index (χ1n) is 8.44. The van der Waals surface area contributed by atoms with Gasteiger partial charge in [0.05, 0.1) is 0 Å². The predicted octanol–water partition coefficient (Wildman–Crippen LogP) is 3.97. The fraction of sp³-hybridized carbons (Fsp3) is 0.611. The molecule has 1 aromatic carbocycles. The van der Waals surface area contributed by atoms with Gasteiger partial charge in [0, 0.05) is 33.2 Å². The summed E-state index contributed by atoms with van der Waals surface area (Å²) < 4.78 is 29.4. The highest BCUT2D eigenvalue weighted by Crippen LogP contribution is 2.25. The summed E-state index contributed by atoms with van der Waals surface area (Å²) in [7, 11) is 3.13. The topological polar surface area (TPSA) is 48.0 Å². The van der Waals surface area contributed by atoms with Crippen molar-refractivity contribution in [2.45, 2.75) is 50.9 Å². The van der Waals surface area contributed by atoms with Crippen LogP contribution in [0.2, 0.25) is 0 Å². The standard InChI is InChI=1S/C18H26FNO4/c1-22-17(23-2)12-13-20(14-8-4-3-5-9-14)18(21)24-16-11-7-6-10-15(16)19/h6-7,10-11,14,17H,3-5,8-9,12-13H2,1-2H3. The van der Waals surface area contributed by atoms with Crippen LogP contribution in [0.15, 0.2) is 24.3 Å². The normalized spacial score (nSPS) is 15.5. The minimum atomic E-state index is -0.541. The second-order valence-corrected chi connectivity index (χ2v) is 5.97. The van der Waals surface area contributed by atoms with Crippen LogP contribution in [0.5, 0.6) is 5.75 Å². The zero-order valence-corrected chi connectivity index (χ0v) is 14.4. The van der Waals surface area contributed by atoms with Crippen LogP contribution >= 0.6 is 0 Å². The third-order valence-corrected chi connectivity index (χ3v) is 4.42. The van der Waals surface area contributed by atoms with E-state index in [4.69, 9.17) is 14.2 Å². The Kier molecular flexibility index (Phi) is 7.46. The molecule has 1 aliphatic rings. The minimum absolute atomic E-state index is 0.0432. The molecule has 134 valence electrons. The number of hydrogen-bond acceptors (Lipinski definition) is 4. The van der Waals surface area contributed by atoms with Crippen molar-refractivity contribution in [1.82, 2.24) is 4.90 Å². The fourth-order valence-corrected chi connectivity index (χ4v) is 3.07. The highest BCUT2D eigenvalue weighted by atomic mass is 19.1. The Labute approximate surface area is 142 Å². The van der Waals surface area contributed by atoms with Crippen LogP contribution in [-0.2, 0) is 9.47 Å². The summed E-state index contributed by atoms with van der Waals surface area (Å²) in [5, 5.41) is 0. The van der Waals surface area contributed by atoms with E-state index in [0.29, 0.717) is 13.0 Å². The Bertz CT molecular complexity index is 515. The van der Waals surface area contributed by atoms with Gasteiger partial charge in [0.1, 0.15) is 0 Å². The second kappa shape index (κ2) is 9.59. The van der Waals surface area contributed by atoms with Gasteiger partial charge in [0.25, 0.3) is 0 Å². The number of amides is 1. The number of hydrogen-bond donors (Lipinski definition) is 0. The predicted molar refractivity (Wildman–Crippen MR) is 88.4 cm³/mol. The number of benzene rings is 1. The number of nitrogens with zero attached hydrogens (tertiary/aromatic N) is 1. The zero-order valence-electron chi connectivity index (χ0n) is 14.4. The molecule has 1 fully saturated rings. The molecule has 0 bridgehead atoms. The molecule has 1 aliphatic carbocycles. The summed E-state index contributed by atoms with van der Waals surface area (Å²) >= 11 is 0. The summed E-state index contributed by atoms with van der Waals surface area (Å²) in [4.78, 5) is 14.3. The van der Waals surface area contributed by atoms with Gasteiger partial charge < -0.3 is 19.1 Å². The van der Waals surface area contributed by atoms with Crippen LogP contribution in [0.25, 0.3) is 0 Å². The number of halogens is 1. The molecule has 5 nitrogen and oxygen atoms in total. The van der Waals surface area contributed by atoms with Crippen molar-refractivity contribution < 1.29 is 23.4 Å². The minimum Gasteiger partial charge on any atom is -0.407 e. The highest BCUT2D eigenvalue weighted by molar-refractivity contribution is 5.71. The van der Waals surface area contributed by atoms with Gasteiger partial charge in [-0.05, 0) is 25.0 Å². The third kappa shape index (κ3) is 5.18. The van der Waals surface area contributed by atoms with E-state index in [1.54, 1.807) is 31.3 Å². The molecule has 0 N–H and O–H groups in total. The number of para-hydroxylation sites is 1. The van der Waals surface area contributed by atoms with E-state index in [9.17, 15) is 9.18 Å². The van der Waals surface area contributed by atoms with Crippen LogP contribution in [0, 0.1) is 5.82 Å². The molecule has 24 heavy (non-hydrogen) atoms. The summed E-state index contributed by atoms with van der Waals surface area (Å²) in [5.41, 5.74) is 0. The SMILES string of the molecule is COC(CCN(C(=O)Oc1ccccc1F)C1CCCCC1)OC. The molecule has 1 saturated carbocycles. The van der Waals surface area contributed by atoms with Crippen molar-refractivity contribution in [2.75, 3.05) is 20.8 Å². The van der Waals surface area contributed by atoms with Crippen LogP contribution in [0.1, 0.15) is 38.5 Å². The molecule has 0 unspecified atom stereocenters. The van der Waals surface area contributed by atoms with Crippen molar-refractivity contribution in [3.05, 3.63) is 30.1 Å². The molecule has 2 rings (SSSR count). The molecule has 0 saturated heterocycles. The van der Waals surface area contributed by atoms with E-state index in [1.807, 2.05) is 0 Å². The summed E-state index contributed by atoms with van der Waals surface area (Å²) in [5.74, 6) is -0.584. The van der Waals surface area contributed by atoms with Gasteiger partial charge in [0.2, 0.25) is 0 Å². The first-order valence-corrected chi connectivity index (χ1v) is 8.44. The van der Waals surface area contributed by atoms with Gasteiger partial charge in [-0.15, -0.1) is 0 Å². The number of carbonyl (C=O) groups excluding carboxylic acids is 1. The van der Waals surface area contributed by atoms with Crippen molar-refractivity contribution in [1.29, 1.82) is 0 Å². The van der Waals surface area contributed by atoms with Crippen LogP contribution in [-0.4, -0.2) is 44.1 Å². The highest BCUT2D eigenvalue weighted by Gasteiger charge is 2.28. The van der Waals surface area contributed by atoms with E-state index >= 15 is 0 Å². The monoisotopic (exact) mass is 339 g/mol. The number of rotatable bonds is 7. The summed E-state index contributed by atoms with van der Waals surface area (Å²) in [6.45, 7) is 0.449. The Morgan fingerprint density at radius 1 is 1.21 bits per heavy atom. The van der Waals surface area contributed by atoms with Gasteiger partial charge >= 0.3 is 6.09 Å². The molecule has 0 aliphatic heterocycles. The van der Waals surface area contributed by atoms with Crippen LogP contribution < -0.4 is 4.74 Å². The Hall–Kier alpha value is -1.66. The average molecular weight is 339 g/mol.